The molecule has 0 atom stereocenters. The first-order chi connectivity index (χ1) is 23.0. The number of hydrogen-bond acceptors (Lipinski definition) is 2. The van der Waals surface area contributed by atoms with Crippen molar-refractivity contribution in [1.82, 2.24) is 0 Å². The zero-order valence-electron chi connectivity index (χ0n) is 26.5. The molecule has 0 aliphatic carbocycles. The molecule has 7 aromatic carbocycles. The molecule has 7 rings (SSSR count). The van der Waals surface area contributed by atoms with Crippen LogP contribution < -0.4 is 9.80 Å². The minimum absolute atomic E-state index is 0.999. The fourth-order valence-corrected chi connectivity index (χ4v) is 6.68. The van der Waals surface area contributed by atoms with Crippen LogP contribution in [0.4, 0.5) is 34.1 Å². The van der Waals surface area contributed by atoms with Crippen LogP contribution in [0.25, 0.3) is 22.3 Å². The third kappa shape index (κ3) is 6.49. The molecule has 0 aliphatic rings. The van der Waals surface area contributed by atoms with Gasteiger partial charge < -0.3 is 9.80 Å². The summed E-state index contributed by atoms with van der Waals surface area (Å²) in [5, 5.41) is 0. The van der Waals surface area contributed by atoms with Crippen LogP contribution in [0.3, 0.4) is 0 Å². The van der Waals surface area contributed by atoms with E-state index >= 15 is 0 Å². The summed E-state index contributed by atoms with van der Waals surface area (Å²) in [6.45, 7) is 4.37. The van der Waals surface area contributed by atoms with Gasteiger partial charge in [-0.2, -0.15) is 0 Å². The second kappa shape index (κ2) is 13.5. The van der Waals surface area contributed by atoms with Crippen molar-refractivity contribution in [3.8, 4) is 22.3 Å². The van der Waals surface area contributed by atoms with Crippen LogP contribution in [0.15, 0.2) is 180 Å². The van der Waals surface area contributed by atoms with Gasteiger partial charge in [0, 0.05) is 38.6 Å². The van der Waals surface area contributed by atoms with E-state index in [0.29, 0.717) is 0 Å². The molecule has 0 aliphatic heterocycles. The molecule has 0 saturated heterocycles. The molecule has 0 radical (unpaired) electrons. The summed E-state index contributed by atoms with van der Waals surface area (Å²) >= 11 is 3.90. The van der Waals surface area contributed by atoms with Gasteiger partial charge in [0.15, 0.2) is 0 Å². The summed E-state index contributed by atoms with van der Waals surface area (Å²) in [5.41, 5.74) is 13.9. The first-order valence-electron chi connectivity index (χ1n) is 15.9. The van der Waals surface area contributed by atoms with Gasteiger partial charge in [-0.1, -0.05) is 125 Å². The predicted molar refractivity (Wildman–Crippen MR) is 204 cm³/mol. The van der Waals surface area contributed by atoms with Crippen LogP contribution in [0.5, 0.6) is 0 Å². The number of rotatable bonds is 8. The molecule has 228 valence electrons. The molecule has 0 N–H and O–H groups in total. The number of hydrogen-bond donors (Lipinski definition) is 0. The fraction of sp³-hybridized carbons (Fsp3) is 0.0455. The van der Waals surface area contributed by atoms with Crippen molar-refractivity contribution in [2.24, 2.45) is 0 Å². The van der Waals surface area contributed by atoms with Crippen molar-refractivity contribution in [1.29, 1.82) is 0 Å². The molecule has 0 heterocycles. The van der Waals surface area contributed by atoms with Crippen molar-refractivity contribution in [2.75, 3.05) is 9.80 Å². The summed E-state index contributed by atoms with van der Waals surface area (Å²) in [6, 6.07) is 62.6. The number of aryl methyl sites for hydroxylation is 2. The van der Waals surface area contributed by atoms with Gasteiger partial charge in [-0.25, -0.2) is 0 Å². The van der Waals surface area contributed by atoms with Crippen LogP contribution >= 0.6 is 15.9 Å². The smallest absolute Gasteiger partial charge is 0.0493 e. The van der Waals surface area contributed by atoms with E-state index in [2.05, 4.69) is 216 Å². The zero-order chi connectivity index (χ0) is 32.2. The van der Waals surface area contributed by atoms with Crippen molar-refractivity contribution in [3.63, 3.8) is 0 Å². The van der Waals surface area contributed by atoms with Gasteiger partial charge in [0.2, 0.25) is 0 Å². The van der Waals surface area contributed by atoms with Crippen LogP contribution in [-0.4, -0.2) is 0 Å². The molecule has 47 heavy (non-hydrogen) atoms. The normalized spacial score (nSPS) is 10.9. The lowest BCUT2D eigenvalue weighted by molar-refractivity contribution is 1.24. The monoisotopic (exact) mass is 670 g/mol. The van der Waals surface area contributed by atoms with Crippen LogP contribution in [0, 0.1) is 13.8 Å². The number of benzene rings is 7. The predicted octanol–water partition coefficient (Wildman–Crippen LogP) is 13.3. The third-order valence-electron chi connectivity index (χ3n) is 8.56. The highest BCUT2D eigenvalue weighted by Crippen LogP contribution is 2.43. The maximum Gasteiger partial charge on any atom is 0.0493 e. The molecule has 7 aromatic rings. The SMILES string of the molecule is Cc1ccccc1-c1cc(N(c2ccccc2)c2cc(Br)cc(N(c3ccccc3)c3ccc(-c4ccccc4)cc3)c2)ccc1C. The van der Waals surface area contributed by atoms with Crippen molar-refractivity contribution in [3.05, 3.63) is 192 Å². The number of nitrogens with zero attached hydrogens (tertiary/aromatic N) is 2. The second-order valence-electron chi connectivity index (χ2n) is 11.7. The van der Waals surface area contributed by atoms with E-state index in [-0.39, 0.29) is 0 Å². The Morgan fingerprint density at radius 3 is 1.38 bits per heavy atom. The van der Waals surface area contributed by atoms with Crippen LogP contribution in [-0.2, 0) is 0 Å². The number of anilines is 6. The average Bonchev–Trinajstić information content (AvgIpc) is 3.11. The van der Waals surface area contributed by atoms with Crippen LogP contribution in [0.2, 0.25) is 0 Å². The van der Waals surface area contributed by atoms with E-state index in [1.807, 2.05) is 0 Å². The van der Waals surface area contributed by atoms with Gasteiger partial charge in [0.1, 0.15) is 0 Å². The Kier molecular flexibility index (Phi) is 8.73. The molecule has 0 amide bonds. The van der Waals surface area contributed by atoms with Crippen LogP contribution in [0.1, 0.15) is 11.1 Å². The largest absolute Gasteiger partial charge is 0.310 e. The molecule has 0 spiro atoms. The molecule has 2 nitrogen and oxygen atoms in total. The summed E-state index contributed by atoms with van der Waals surface area (Å²) in [7, 11) is 0. The molecule has 0 aromatic heterocycles. The number of para-hydroxylation sites is 2. The van der Waals surface area contributed by atoms with E-state index in [1.165, 1.54) is 33.4 Å². The van der Waals surface area contributed by atoms with Gasteiger partial charge in [0.25, 0.3) is 0 Å². The van der Waals surface area contributed by atoms with Gasteiger partial charge in [0.05, 0.1) is 0 Å². The molecule has 0 fully saturated rings. The topological polar surface area (TPSA) is 6.48 Å². The Hall–Kier alpha value is -5.38. The summed E-state index contributed by atoms with van der Waals surface area (Å²) in [5.74, 6) is 0. The highest BCUT2D eigenvalue weighted by molar-refractivity contribution is 9.10. The minimum Gasteiger partial charge on any atom is -0.310 e. The quantitative estimate of drug-likeness (QED) is 0.159. The molecule has 3 heteroatoms. The fourth-order valence-electron chi connectivity index (χ4n) is 6.21. The average molecular weight is 672 g/mol. The second-order valence-corrected chi connectivity index (χ2v) is 12.7. The van der Waals surface area contributed by atoms with E-state index in [4.69, 9.17) is 0 Å². The molecule has 0 saturated carbocycles. The summed E-state index contributed by atoms with van der Waals surface area (Å²) in [4.78, 5) is 4.66. The number of halogens is 1. The van der Waals surface area contributed by atoms with E-state index in [0.717, 1.165) is 38.6 Å². The third-order valence-corrected chi connectivity index (χ3v) is 9.02. The zero-order valence-corrected chi connectivity index (χ0v) is 28.1. The van der Waals surface area contributed by atoms with Crippen molar-refractivity contribution < 1.29 is 0 Å². The van der Waals surface area contributed by atoms with Gasteiger partial charge in [-0.05, 0) is 114 Å². The van der Waals surface area contributed by atoms with Crippen molar-refractivity contribution >= 4 is 50.1 Å². The minimum atomic E-state index is 0.999. The lowest BCUT2D eigenvalue weighted by Crippen LogP contribution is -2.13. The Labute approximate surface area is 286 Å². The van der Waals surface area contributed by atoms with Gasteiger partial charge >= 0.3 is 0 Å². The maximum atomic E-state index is 3.90. The van der Waals surface area contributed by atoms with E-state index in [1.54, 1.807) is 0 Å². The lowest BCUT2D eigenvalue weighted by atomic mass is 9.96. The van der Waals surface area contributed by atoms with Gasteiger partial charge in [-0.15, -0.1) is 0 Å². The first-order valence-corrected chi connectivity index (χ1v) is 16.7. The Morgan fingerprint density at radius 1 is 0.340 bits per heavy atom. The van der Waals surface area contributed by atoms with E-state index < -0.39 is 0 Å². The first kappa shape index (κ1) is 30.3. The Morgan fingerprint density at radius 2 is 0.787 bits per heavy atom. The molecule has 0 unspecified atom stereocenters. The maximum absolute atomic E-state index is 3.90. The highest BCUT2D eigenvalue weighted by atomic mass is 79.9. The Balaban J connectivity index is 1.37. The highest BCUT2D eigenvalue weighted by Gasteiger charge is 2.19. The van der Waals surface area contributed by atoms with Crippen molar-refractivity contribution in [2.45, 2.75) is 13.8 Å². The molecular formula is C44H35BrN2. The Bertz CT molecular complexity index is 2110. The molecular weight excluding hydrogens is 636 g/mol. The summed E-state index contributed by atoms with van der Waals surface area (Å²) < 4.78 is 0.999. The standard InChI is InChI=1S/C44H35BrN2/c1-32-14-12-13-21-43(32)44-31-40(25-22-33(44)2)47(38-19-10-5-11-20-38)42-29-36(45)28-41(30-42)46(37-17-8-4-9-18-37)39-26-23-35(24-27-39)34-15-6-3-7-16-34/h3-31H,1-2H3. The van der Waals surface area contributed by atoms with Gasteiger partial charge in [-0.3, -0.25) is 0 Å². The lowest BCUT2D eigenvalue weighted by Gasteiger charge is -2.30. The van der Waals surface area contributed by atoms with E-state index in [9.17, 15) is 0 Å². The summed E-state index contributed by atoms with van der Waals surface area (Å²) in [6.07, 6.45) is 0. The molecule has 0 bridgehead atoms.